The van der Waals surface area contributed by atoms with Gasteiger partial charge in [0, 0.05) is 23.8 Å². The van der Waals surface area contributed by atoms with Crippen LogP contribution in [0.3, 0.4) is 0 Å². The Kier molecular flexibility index (Phi) is 7.16. The Morgan fingerprint density at radius 1 is 0.931 bits per heavy atom. The quantitative estimate of drug-likeness (QED) is 0.595. The molecule has 0 fully saturated rings. The number of likely N-dealkylation sites (N-methyl/N-ethyl adjacent to an activating group) is 1. The van der Waals surface area contributed by atoms with Crippen LogP contribution in [0.15, 0.2) is 72.1 Å². The monoisotopic (exact) mass is 407 g/mol. The summed E-state index contributed by atoms with van der Waals surface area (Å²) >= 11 is 1.39. The number of amides is 2. The van der Waals surface area contributed by atoms with Crippen LogP contribution in [-0.4, -0.2) is 43.4 Å². The molecule has 0 aliphatic rings. The van der Waals surface area contributed by atoms with E-state index in [1.165, 1.54) is 16.9 Å². The highest BCUT2D eigenvalue weighted by Gasteiger charge is 2.15. The van der Waals surface area contributed by atoms with E-state index in [0.29, 0.717) is 22.7 Å². The SMILES string of the molecule is CN(C)[C@H](CNC(=O)c1ccc(NC(=O)c2cccs2)cc1)Cc1ccccc1. The molecule has 1 atom stereocenters. The van der Waals surface area contributed by atoms with Gasteiger partial charge in [-0.3, -0.25) is 9.59 Å². The largest absolute Gasteiger partial charge is 0.350 e. The van der Waals surface area contributed by atoms with Gasteiger partial charge in [0.2, 0.25) is 0 Å². The van der Waals surface area contributed by atoms with E-state index >= 15 is 0 Å². The molecule has 6 heteroatoms. The van der Waals surface area contributed by atoms with Crippen molar-refractivity contribution in [1.29, 1.82) is 0 Å². The van der Waals surface area contributed by atoms with E-state index in [0.717, 1.165) is 6.42 Å². The van der Waals surface area contributed by atoms with Gasteiger partial charge >= 0.3 is 0 Å². The molecule has 0 radical (unpaired) electrons. The molecule has 2 N–H and O–H groups in total. The van der Waals surface area contributed by atoms with Crippen LogP contribution in [0.25, 0.3) is 0 Å². The number of benzene rings is 2. The van der Waals surface area contributed by atoms with E-state index in [1.807, 2.05) is 43.7 Å². The number of hydrogen-bond acceptors (Lipinski definition) is 4. The Hall–Kier alpha value is -2.96. The maximum atomic E-state index is 12.5. The molecule has 0 bridgehead atoms. The first-order chi connectivity index (χ1) is 14.0. The summed E-state index contributed by atoms with van der Waals surface area (Å²) < 4.78 is 0. The summed E-state index contributed by atoms with van der Waals surface area (Å²) in [5, 5.41) is 7.72. The lowest BCUT2D eigenvalue weighted by Gasteiger charge is -2.24. The summed E-state index contributed by atoms with van der Waals surface area (Å²) in [6, 6.07) is 21.0. The summed E-state index contributed by atoms with van der Waals surface area (Å²) in [6.07, 6.45) is 0.863. The zero-order valence-corrected chi connectivity index (χ0v) is 17.4. The second kappa shape index (κ2) is 10.0. The number of nitrogens with one attached hydrogen (secondary N) is 2. The third-order valence-electron chi connectivity index (χ3n) is 4.69. The Morgan fingerprint density at radius 3 is 2.28 bits per heavy atom. The van der Waals surface area contributed by atoms with Gasteiger partial charge in [0.05, 0.1) is 4.88 Å². The van der Waals surface area contributed by atoms with Crippen molar-refractivity contribution >= 4 is 28.8 Å². The number of thiophene rings is 1. The van der Waals surface area contributed by atoms with E-state index in [1.54, 1.807) is 30.3 Å². The predicted molar refractivity (Wildman–Crippen MR) is 119 cm³/mol. The van der Waals surface area contributed by atoms with Crippen molar-refractivity contribution in [3.05, 3.63) is 88.1 Å². The van der Waals surface area contributed by atoms with Gasteiger partial charge in [-0.2, -0.15) is 0 Å². The van der Waals surface area contributed by atoms with E-state index in [9.17, 15) is 9.59 Å². The third kappa shape index (κ3) is 6.01. The van der Waals surface area contributed by atoms with Gasteiger partial charge in [-0.25, -0.2) is 0 Å². The van der Waals surface area contributed by atoms with Gasteiger partial charge in [0.1, 0.15) is 0 Å². The minimum Gasteiger partial charge on any atom is -0.350 e. The van der Waals surface area contributed by atoms with Crippen LogP contribution in [0.5, 0.6) is 0 Å². The van der Waals surface area contributed by atoms with E-state index in [2.05, 4.69) is 27.7 Å². The number of anilines is 1. The number of carbonyl (C=O) groups is 2. The van der Waals surface area contributed by atoms with Crippen LogP contribution in [0, 0.1) is 0 Å². The fourth-order valence-corrected chi connectivity index (χ4v) is 3.56. The molecule has 29 heavy (non-hydrogen) atoms. The highest BCUT2D eigenvalue weighted by molar-refractivity contribution is 7.12. The molecule has 0 saturated carbocycles. The minimum absolute atomic E-state index is 0.124. The minimum atomic E-state index is -0.146. The average Bonchev–Trinajstić information content (AvgIpc) is 3.27. The van der Waals surface area contributed by atoms with Crippen molar-refractivity contribution < 1.29 is 9.59 Å². The maximum absolute atomic E-state index is 12.5. The van der Waals surface area contributed by atoms with Crippen LogP contribution >= 0.6 is 11.3 Å². The number of nitrogens with zero attached hydrogens (tertiary/aromatic N) is 1. The molecule has 150 valence electrons. The summed E-state index contributed by atoms with van der Waals surface area (Å²) in [5.74, 6) is -0.270. The Balaban J connectivity index is 1.55. The first-order valence-electron chi connectivity index (χ1n) is 9.46. The second-order valence-electron chi connectivity index (χ2n) is 7.03. The van der Waals surface area contributed by atoms with E-state index in [-0.39, 0.29) is 17.9 Å². The zero-order chi connectivity index (χ0) is 20.6. The molecule has 3 rings (SSSR count). The first-order valence-corrected chi connectivity index (χ1v) is 10.3. The van der Waals surface area contributed by atoms with Crippen LogP contribution in [0.4, 0.5) is 5.69 Å². The number of carbonyl (C=O) groups excluding carboxylic acids is 2. The van der Waals surface area contributed by atoms with Crippen molar-refractivity contribution in [2.45, 2.75) is 12.5 Å². The maximum Gasteiger partial charge on any atom is 0.265 e. The average molecular weight is 408 g/mol. The van der Waals surface area contributed by atoms with Crippen molar-refractivity contribution in [1.82, 2.24) is 10.2 Å². The summed E-state index contributed by atoms with van der Waals surface area (Å²) in [6.45, 7) is 0.553. The molecule has 0 spiro atoms. The fourth-order valence-electron chi connectivity index (χ4n) is 2.94. The zero-order valence-electron chi connectivity index (χ0n) is 16.6. The molecule has 2 amide bonds. The summed E-state index contributed by atoms with van der Waals surface area (Å²) in [5.41, 5.74) is 2.47. The highest BCUT2D eigenvalue weighted by Crippen LogP contribution is 2.14. The number of rotatable bonds is 8. The fraction of sp³-hybridized carbons (Fsp3) is 0.217. The van der Waals surface area contributed by atoms with Gasteiger partial charge in [-0.05, 0) is 61.8 Å². The van der Waals surface area contributed by atoms with Crippen molar-refractivity contribution in [3.63, 3.8) is 0 Å². The van der Waals surface area contributed by atoms with Gasteiger partial charge in [-0.1, -0.05) is 36.4 Å². The lowest BCUT2D eigenvalue weighted by molar-refractivity contribution is 0.0941. The smallest absolute Gasteiger partial charge is 0.265 e. The standard InChI is InChI=1S/C23H25N3O2S/c1-26(2)20(15-17-7-4-3-5-8-17)16-24-22(27)18-10-12-19(13-11-18)25-23(28)21-9-6-14-29-21/h3-14,20H,15-16H2,1-2H3,(H,24,27)(H,25,28)/t20-/m0/s1. The molecule has 1 aromatic heterocycles. The van der Waals surface area contributed by atoms with E-state index in [4.69, 9.17) is 0 Å². The molecule has 0 unspecified atom stereocenters. The Bertz CT molecular complexity index is 923. The Morgan fingerprint density at radius 2 is 1.66 bits per heavy atom. The normalized spacial score (nSPS) is 11.8. The molecule has 2 aromatic carbocycles. The summed E-state index contributed by atoms with van der Waals surface area (Å²) in [7, 11) is 4.04. The van der Waals surface area contributed by atoms with E-state index < -0.39 is 0 Å². The Labute approximate surface area is 175 Å². The molecule has 0 aliphatic heterocycles. The van der Waals surface area contributed by atoms with Gasteiger partial charge in [-0.15, -0.1) is 11.3 Å². The van der Waals surface area contributed by atoms with Gasteiger partial charge < -0.3 is 15.5 Å². The van der Waals surface area contributed by atoms with Crippen molar-refractivity contribution in [2.75, 3.05) is 26.0 Å². The molecular formula is C23H25N3O2S. The topological polar surface area (TPSA) is 61.4 Å². The highest BCUT2D eigenvalue weighted by atomic mass is 32.1. The lowest BCUT2D eigenvalue weighted by atomic mass is 10.0. The first kappa shape index (κ1) is 20.8. The molecular weight excluding hydrogens is 382 g/mol. The van der Waals surface area contributed by atoms with Crippen molar-refractivity contribution in [3.8, 4) is 0 Å². The van der Waals surface area contributed by atoms with Gasteiger partial charge in [0.15, 0.2) is 0 Å². The van der Waals surface area contributed by atoms with Gasteiger partial charge in [0.25, 0.3) is 11.8 Å². The van der Waals surface area contributed by atoms with Crippen molar-refractivity contribution in [2.24, 2.45) is 0 Å². The molecule has 0 aliphatic carbocycles. The van der Waals surface area contributed by atoms with Crippen LogP contribution in [0.2, 0.25) is 0 Å². The lowest BCUT2D eigenvalue weighted by Crippen LogP contribution is -2.41. The second-order valence-corrected chi connectivity index (χ2v) is 7.97. The van der Waals surface area contributed by atoms with Crippen LogP contribution < -0.4 is 10.6 Å². The van der Waals surface area contributed by atoms with Crippen LogP contribution in [0.1, 0.15) is 25.6 Å². The predicted octanol–water partition coefficient (Wildman–Crippen LogP) is 3.90. The molecule has 1 heterocycles. The van der Waals surface area contributed by atoms with Crippen LogP contribution in [-0.2, 0) is 6.42 Å². The molecule has 5 nitrogen and oxygen atoms in total. The molecule has 3 aromatic rings. The third-order valence-corrected chi connectivity index (χ3v) is 5.56. The molecule has 0 saturated heterocycles. The number of hydrogen-bond donors (Lipinski definition) is 2. The summed E-state index contributed by atoms with van der Waals surface area (Å²) in [4.78, 5) is 27.4.